The molecule has 0 saturated heterocycles. The summed E-state index contributed by atoms with van der Waals surface area (Å²) in [5.41, 5.74) is 12.9. The van der Waals surface area contributed by atoms with Gasteiger partial charge in [-0.2, -0.15) is 0 Å². The van der Waals surface area contributed by atoms with Crippen molar-refractivity contribution >= 4 is 22.9 Å². The maximum Gasteiger partial charge on any atom is 0.196 e. The number of hydrogen-bond acceptors (Lipinski definition) is 8. The first-order valence-electron chi connectivity index (χ1n) is 9.07. The average Bonchev–Trinajstić information content (AvgIpc) is 2.73. The number of aliphatic hydroxyl groups excluding tert-OH is 2. The maximum absolute atomic E-state index is 13.2. The smallest absolute Gasteiger partial charge is 0.196 e. The van der Waals surface area contributed by atoms with E-state index in [1.54, 1.807) is 36.4 Å². The van der Waals surface area contributed by atoms with Crippen molar-refractivity contribution in [1.29, 1.82) is 0 Å². The molecule has 0 saturated carbocycles. The third-order valence-corrected chi connectivity index (χ3v) is 4.68. The van der Waals surface area contributed by atoms with Crippen molar-refractivity contribution in [2.45, 2.75) is 12.2 Å². The summed E-state index contributed by atoms with van der Waals surface area (Å²) >= 11 is 0. The highest BCUT2D eigenvalue weighted by Crippen LogP contribution is 2.36. The summed E-state index contributed by atoms with van der Waals surface area (Å²) in [6.45, 7) is 0.429. The number of aliphatic hydroxyl groups is 2. The van der Waals surface area contributed by atoms with Gasteiger partial charge in [0.1, 0.15) is 0 Å². The fourth-order valence-corrected chi connectivity index (χ4v) is 3.14. The van der Waals surface area contributed by atoms with E-state index in [9.17, 15) is 19.8 Å². The summed E-state index contributed by atoms with van der Waals surface area (Å²) < 4.78 is 0. The van der Waals surface area contributed by atoms with Crippen LogP contribution in [-0.4, -0.2) is 60.2 Å². The first kappa shape index (κ1) is 20.0. The van der Waals surface area contributed by atoms with Crippen molar-refractivity contribution in [2.75, 3.05) is 36.8 Å². The van der Waals surface area contributed by atoms with Gasteiger partial charge in [-0.3, -0.25) is 9.59 Å². The number of hydrogen-bond donors (Lipinski definition) is 6. The number of nitrogens with one attached hydrogen (secondary N) is 2. The first-order chi connectivity index (χ1) is 13.5. The van der Waals surface area contributed by atoms with Gasteiger partial charge >= 0.3 is 0 Å². The Bertz CT molecular complexity index is 828. The topological polar surface area (TPSA) is 151 Å². The van der Waals surface area contributed by atoms with Crippen LogP contribution in [0.1, 0.15) is 31.8 Å². The highest BCUT2D eigenvalue weighted by molar-refractivity contribution is 6.31. The van der Waals surface area contributed by atoms with Crippen LogP contribution in [0.15, 0.2) is 36.4 Å². The fraction of sp³-hybridized carbons (Fsp3) is 0.300. The van der Waals surface area contributed by atoms with Crippen LogP contribution in [0.2, 0.25) is 0 Å². The van der Waals surface area contributed by atoms with E-state index in [0.29, 0.717) is 22.5 Å². The van der Waals surface area contributed by atoms with Crippen LogP contribution in [-0.2, 0) is 0 Å². The van der Waals surface area contributed by atoms with E-state index in [4.69, 9.17) is 11.5 Å². The molecule has 0 aromatic heterocycles. The molecule has 0 heterocycles. The van der Waals surface area contributed by atoms with E-state index in [1.165, 1.54) is 0 Å². The summed E-state index contributed by atoms with van der Waals surface area (Å²) in [6.07, 6.45) is -1.57. The predicted octanol–water partition coefficient (Wildman–Crippen LogP) is -0.0750. The minimum absolute atomic E-state index is 0.0709. The Morgan fingerprint density at radius 3 is 1.50 bits per heavy atom. The highest BCUT2D eigenvalue weighted by Gasteiger charge is 2.33. The van der Waals surface area contributed by atoms with Crippen LogP contribution in [0.4, 0.5) is 11.4 Å². The molecule has 8 heteroatoms. The van der Waals surface area contributed by atoms with Gasteiger partial charge in [0.25, 0.3) is 0 Å². The van der Waals surface area contributed by atoms with E-state index in [0.717, 1.165) is 0 Å². The molecule has 2 aromatic carbocycles. The molecule has 28 heavy (non-hydrogen) atoms. The predicted molar refractivity (Wildman–Crippen MR) is 107 cm³/mol. The van der Waals surface area contributed by atoms with E-state index >= 15 is 0 Å². The second kappa shape index (κ2) is 8.49. The molecular weight excluding hydrogens is 360 g/mol. The lowest BCUT2D eigenvalue weighted by Gasteiger charge is -2.24. The highest BCUT2D eigenvalue weighted by atomic mass is 16.3. The minimum Gasteiger partial charge on any atom is -0.390 e. The molecule has 8 N–H and O–H groups in total. The van der Waals surface area contributed by atoms with E-state index in [-0.39, 0.29) is 48.9 Å². The van der Waals surface area contributed by atoms with Crippen LogP contribution in [0.25, 0.3) is 0 Å². The Morgan fingerprint density at radius 1 is 0.750 bits per heavy atom. The molecule has 0 aliphatic heterocycles. The van der Waals surface area contributed by atoms with Gasteiger partial charge in [-0.15, -0.1) is 0 Å². The van der Waals surface area contributed by atoms with Gasteiger partial charge in [0.2, 0.25) is 0 Å². The van der Waals surface area contributed by atoms with Crippen LogP contribution >= 0.6 is 0 Å². The Labute approximate surface area is 162 Å². The number of fused-ring (bicyclic) bond motifs is 2. The van der Waals surface area contributed by atoms with Crippen molar-refractivity contribution < 1.29 is 19.8 Å². The normalized spacial score (nSPS) is 14.9. The Hall–Kier alpha value is -2.78. The number of benzene rings is 2. The number of carbonyl (C=O) groups excluding carboxylic acids is 2. The Morgan fingerprint density at radius 2 is 1.14 bits per heavy atom. The zero-order valence-corrected chi connectivity index (χ0v) is 15.3. The lowest BCUT2D eigenvalue weighted by atomic mass is 9.82. The lowest BCUT2D eigenvalue weighted by Crippen LogP contribution is -2.31. The number of nitrogens with two attached hydrogens (primary N) is 2. The molecule has 1 aliphatic rings. The standard InChI is InChI=1S/C20H24N4O4/c21-7-11(25)9-23-15-5-6-16(24-10-12(26)8-22)18-17(15)19(27)13-3-1-2-4-14(13)20(18)28/h1-6,11-12,23-26H,7-10,21-22H2. The zero-order valence-electron chi connectivity index (χ0n) is 15.3. The second-order valence-electron chi connectivity index (χ2n) is 6.66. The van der Waals surface area contributed by atoms with Crippen molar-refractivity contribution in [3.05, 3.63) is 58.7 Å². The zero-order chi connectivity index (χ0) is 20.3. The quantitative estimate of drug-likeness (QED) is 0.316. The lowest BCUT2D eigenvalue weighted by molar-refractivity contribution is 0.0980. The molecule has 0 fully saturated rings. The van der Waals surface area contributed by atoms with Gasteiger partial charge in [0.15, 0.2) is 11.6 Å². The molecule has 0 spiro atoms. The molecular formula is C20H24N4O4. The fourth-order valence-electron chi connectivity index (χ4n) is 3.14. The summed E-state index contributed by atoms with van der Waals surface area (Å²) in [5, 5.41) is 25.5. The molecule has 2 unspecified atom stereocenters. The van der Waals surface area contributed by atoms with Gasteiger partial charge in [0, 0.05) is 48.7 Å². The van der Waals surface area contributed by atoms with E-state index in [1.807, 2.05) is 0 Å². The van der Waals surface area contributed by atoms with Crippen LogP contribution in [0.3, 0.4) is 0 Å². The average molecular weight is 384 g/mol. The SMILES string of the molecule is NCC(O)CNc1ccc(NCC(O)CN)c2c1C(=O)c1ccccc1C2=O. The molecule has 1 aliphatic carbocycles. The number of ketones is 2. The number of rotatable bonds is 8. The minimum atomic E-state index is -0.783. The van der Waals surface area contributed by atoms with Gasteiger partial charge in [-0.05, 0) is 12.1 Å². The molecule has 2 atom stereocenters. The Balaban J connectivity index is 2.07. The summed E-state index contributed by atoms with van der Waals surface area (Å²) in [5.74, 6) is -0.559. The Kier molecular flexibility index (Phi) is 6.05. The largest absolute Gasteiger partial charge is 0.390 e. The second-order valence-corrected chi connectivity index (χ2v) is 6.66. The van der Waals surface area contributed by atoms with Gasteiger partial charge < -0.3 is 32.3 Å². The molecule has 0 bridgehead atoms. The van der Waals surface area contributed by atoms with Crippen molar-refractivity contribution in [2.24, 2.45) is 11.5 Å². The number of anilines is 2. The third-order valence-electron chi connectivity index (χ3n) is 4.68. The van der Waals surface area contributed by atoms with Crippen LogP contribution < -0.4 is 22.1 Å². The van der Waals surface area contributed by atoms with Crippen molar-refractivity contribution in [3.8, 4) is 0 Å². The molecule has 3 rings (SSSR count). The summed E-state index contributed by atoms with van der Waals surface area (Å²) in [7, 11) is 0. The van der Waals surface area contributed by atoms with E-state index in [2.05, 4.69) is 10.6 Å². The van der Waals surface area contributed by atoms with Crippen LogP contribution in [0, 0.1) is 0 Å². The van der Waals surface area contributed by atoms with Crippen LogP contribution in [0.5, 0.6) is 0 Å². The summed E-state index contributed by atoms with van der Waals surface area (Å²) in [4.78, 5) is 26.3. The number of carbonyl (C=O) groups is 2. The molecule has 0 amide bonds. The van der Waals surface area contributed by atoms with Gasteiger partial charge in [-0.25, -0.2) is 0 Å². The molecule has 8 nitrogen and oxygen atoms in total. The maximum atomic E-state index is 13.2. The molecule has 2 aromatic rings. The monoisotopic (exact) mass is 384 g/mol. The van der Waals surface area contributed by atoms with Crippen molar-refractivity contribution in [1.82, 2.24) is 0 Å². The first-order valence-corrected chi connectivity index (χ1v) is 9.07. The summed E-state index contributed by atoms with van der Waals surface area (Å²) in [6, 6.07) is 9.99. The molecule has 148 valence electrons. The third kappa shape index (κ3) is 3.76. The van der Waals surface area contributed by atoms with Gasteiger partial charge in [-0.1, -0.05) is 24.3 Å². The molecule has 0 radical (unpaired) electrons. The van der Waals surface area contributed by atoms with E-state index < -0.39 is 12.2 Å². The van der Waals surface area contributed by atoms with Crippen molar-refractivity contribution in [3.63, 3.8) is 0 Å². The van der Waals surface area contributed by atoms with Gasteiger partial charge in [0.05, 0.1) is 23.3 Å².